The molecule has 0 heterocycles. The van der Waals surface area contributed by atoms with Gasteiger partial charge in [-0.15, -0.1) is 0 Å². The van der Waals surface area contributed by atoms with E-state index >= 15 is 0 Å². The third-order valence-corrected chi connectivity index (χ3v) is 1.61. The first-order valence-electron chi connectivity index (χ1n) is 4.37. The van der Waals surface area contributed by atoms with Gasteiger partial charge in [0.25, 0.3) is 0 Å². The van der Waals surface area contributed by atoms with E-state index in [1.807, 2.05) is 54.6 Å². The number of alkyl halides is 1. The number of hydrogen-bond donors (Lipinski definition) is 0. The minimum atomic E-state index is -0.282. The van der Waals surface area contributed by atoms with Crippen LogP contribution in [-0.2, 0) is 0 Å². The van der Waals surface area contributed by atoms with Gasteiger partial charge in [0.15, 0.2) is 0 Å². The average molecular weight is 176 g/mol. The molecule has 13 heavy (non-hydrogen) atoms. The van der Waals surface area contributed by atoms with Crippen molar-refractivity contribution < 1.29 is 4.39 Å². The van der Waals surface area contributed by atoms with Gasteiger partial charge >= 0.3 is 0 Å². The summed E-state index contributed by atoms with van der Waals surface area (Å²) in [6.45, 7) is -0.282. The first-order chi connectivity index (χ1) is 6.43. The Hall–Kier alpha value is -1.37. The molecule has 0 aliphatic carbocycles. The molecule has 0 N–H and O–H groups in total. The summed E-state index contributed by atoms with van der Waals surface area (Å²) in [5.41, 5.74) is 1.16. The van der Waals surface area contributed by atoms with E-state index in [4.69, 9.17) is 0 Å². The highest BCUT2D eigenvalue weighted by Gasteiger charge is 1.79. The Kier molecular flexibility index (Phi) is 4.62. The maximum atomic E-state index is 11.7. The minimum absolute atomic E-state index is 0.282. The van der Waals surface area contributed by atoms with Gasteiger partial charge in [-0.1, -0.05) is 54.6 Å². The summed E-state index contributed by atoms with van der Waals surface area (Å²) >= 11 is 0. The SMILES string of the molecule is FCC/C=C\C=C\c1ccccc1. The highest BCUT2D eigenvalue weighted by atomic mass is 19.1. The second-order valence-electron chi connectivity index (χ2n) is 2.68. The Morgan fingerprint density at radius 2 is 1.85 bits per heavy atom. The van der Waals surface area contributed by atoms with Crippen molar-refractivity contribution in [3.8, 4) is 0 Å². The maximum Gasteiger partial charge on any atom is 0.0928 e. The third kappa shape index (κ3) is 4.26. The van der Waals surface area contributed by atoms with E-state index in [0.29, 0.717) is 6.42 Å². The van der Waals surface area contributed by atoms with Gasteiger partial charge in [-0.2, -0.15) is 0 Å². The molecule has 0 nitrogen and oxygen atoms in total. The van der Waals surface area contributed by atoms with Gasteiger partial charge in [0, 0.05) is 0 Å². The van der Waals surface area contributed by atoms with Crippen LogP contribution >= 0.6 is 0 Å². The molecule has 1 aromatic carbocycles. The lowest BCUT2D eigenvalue weighted by molar-refractivity contribution is 0.501. The van der Waals surface area contributed by atoms with Crippen molar-refractivity contribution in [2.24, 2.45) is 0 Å². The van der Waals surface area contributed by atoms with Gasteiger partial charge in [-0.05, 0) is 12.0 Å². The van der Waals surface area contributed by atoms with Crippen molar-refractivity contribution >= 4 is 6.08 Å². The van der Waals surface area contributed by atoms with Gasteiger partial charge < -0.3 is 0 Å². The van der Waals surface area contributed by atoms with E-state index < -0.39 is 0 Å². The van der Waals surface area contributed by atoms with Crippen LogP contribution in [0.25, 0.3) is 6.08 Å². The molecule has 0 aliphatic rings. The van der Waals surface area contributed by atoms with Crippen molar-refractivity contribution in [3.05, 3.63) is 54.1 Å². The van der Waals surface area contributed by atoms with E-state index in [2.05, 4.69) is 0 Å². The Balaban J connectivity index is 2.41. The molecule has 0 saturated heterocycles. The number of halogens is 1. The van der Waals surface area contributed by atoms with E-state index in [-0.39, 0.29) is 6.67 Å². The van der Waals surface area contributed by atoms with Crippen LogP contribution < -0.4 is 0 Å². The second kappa shape index (κ2) is 6.18. The van der Waals surface area contributed by atoms with Crippen molar-refractivity contribution in [2.75, 3.05) is 6.67 Å². The van der Waals surface area contributed by atoms with Gasteiger partial charge in [-0.3, -0.25) is 4.39 Å². The molecule has 0 aromatic heterocycles. The van der Waals surface area contributed by atoms with Gasteiger partial charge in [-0.25, -0.2) is 0 Å². The van der Waals surface area contributed by atoms with E-state index in [0.717, 1.165) is 5.56 Å². The predicted molar refractivity (Wildman–Crippen MR) is 55.2 cm³/mol. The molecule has 1 heteroatoms. The number of allylic oxidation sites excluding steroid dienone is 3. The standard InChI is InChI=1S/C12H13F/c13-11-7-2-1-4-8-12-9-5-3-6-10-12/h1-6,8-10H,7,11H2/b2-1-,8-4+. The molecule has 0 unspecified atom stereocenters. The highest BCUT2D eigenvalue weighted by Crippen LogP contribution is 2.00. The molecule has 0 spiro atoms. The molecule has 0 bridgehead atoms. The number of hydrogen-bond acceptors (Lipinski definition) is 0. The summed E-state index contributed by atoms with van der Waals surface area (Å²) in [4.78, 5) is 0. The number of benzene rings is 1. The zero-order chi connectivity index (χ0) is 9.36. The maximum absolute atomic E-state index is 11.7. The Bertz CT molecular complexity index is 272. The lowest BCUT2D eigenvalue weighted by atomic mass is 10.2. The summed E-state index contributed by atoms with van der Waals surface area (Å²) in [6, 6.07) is 10.0. The van der Waals surface area contributed by atoms with Crippen molar-refractivity contribution in [1.82, 2.24) is 0 Å². The quantitative estimate of drug-likeness (QED) is 0.615. The van der Waals surface area contributed by atoms with Crippen molar-refractivity contribution in [2.45, 2.75) is 6.42 Å². The van der Waals surface area contributed by atoms with Crippen LogP contribution in [0.3, 0.4) is 0 Å². The van der Waals surface area contributed by atoms with Crippen molar-refractivity contribution in [3.63, 3.8) is 0 Å². The Morgan fingerprint density at radius 1 is 1.08 bits per heavy atom. The molecule has 0 aliphatic heterocycles. The fourth-order valence-corrected chi connectivity index (χ4v) is 0.969. The van der Waals surface area contributed by atoms with Gasteiger partial charge in [0.2, 0.25) is 0 Å². The van der Waals surface area contributed by atoms with Crippen LogP contribution in [-0.4, -0.2) is 6.67 Å². The van der Waals surface area contributed by atoms with Crippen LogP contribution in [0.15, 0.2) is 48.6 Å². The van der Waals surface area contributed by atoms with Gasteiger partial charge in [0.05, 0.1) is 6.67 Å². The molecule has 0 radical (unpaired) electrons. The number of rotatable bonds is 4. The largest absolute Gasteiger partial charge is 0.251 e. The summed E-state index contributed by atoms with van der Waals surface area (Å²) in [5.74, 6) is 0. The first-order valence-corrected chi connectivity index (χ1v) is 4.37. The van der Waals surface area contributed by atoms with Gasteiger partial charge in [0.1, 0.15) is 0 Å². The third-order valence-electron chi connectivity index (χ3n) is 1.61. The molecule has 0 atom stereocenters. The highest BCUT2D eigenvalue weighted by molar-refractivity contribution is 5.50. The lowest BCUT2D eigenvalue weighted by Crippen LogP contribution is -1.68. The minimum Gasteiger partial charge on any atom is -0.251 e. The molecule has 1 aromatic rings. The molecule has 1 rings (SSSR count). The molecular weight excluding hydrogens is 163 g/mol. The zero-order valence-corrected chi connectivity index (χ0v) is 7.49. The summed E-state index contributed by atoms with van der Waals surface area (Å²) < 4.78 is 11.7. The van der Waals surface area contributed by atoms with E-state index in [1.165, 1.54) is 0 Å². The van der Waals surface area contributed by atoms with Crippen LogP contribution in [0.5, 0.6) is 0 Å². The summed E-state index contributed by atoms with van der Waals surface area (Å²) in [7, 11) is 0. The molecular formula is C12H13F. The van der Waals surface area contributed by atoms with Crippen molar-refractivity contribution in [1.29, 1.82) is 0 Å². The van der Waals surface area contributed by atoms with E-state index in [1.54, 1.807) is 0 Å². The predicted octanol–water partition coefficient (Wildman–Crippen LogP) is 3.62. The monoisotopic (exact) mass is 176 g/mol. The summed E-state index contributed by atoms with van der Waals surface area (Å²) in [6.07, 6.45) is 8.10. The fourth-order valence-electron chi connectivity index (χ4n) is 0.969. The molecule has 0 amide bonds. The Morgan fingerprint density at radius 3 is 2.54 bits per heavy atom. The normalized spacial score (nSPS) is 11.5. The molecule has 0 saturated carbocycles. The first kappa shape index (κ1) is 9.72. The average Bonchev–Trinajstić information content (AvgIpc) is 2.19. The molecule has 0 fully saturated rings. The second-order valence-corrected chi connectivity index (χ2v) is 2.68. The lowest BCUT2D eigenvalue weighted by Gasteiger charge is -1.88. The van der Waals surface area contributed by atoms with Crippen LogP contribution in [0, 0.1) is 0 Å². The molecule has 68 valence electrons. The smallest absolute Gasteiger partial charge is 0.0928 e. The van der Waals surface area contributed by atoms with Crippen LogP contribution in [0.4, 0.5) is 4.39 Å². The van der Waals surface area contributed by atoms with Crippen LogP contribution in [0.1, 0.15) is 12.0 Å². The van der Waals surface area contributed by atoms with Crippen LogP contribution in [0.2, 0.25) is 0 Å². The fraction of sp³-hybridized carbons (Fsp3) is 0.167. The zero-order valence-electron chi connectivity index (χ0n) is 7.49. The van der Waals surface area contributed by atoms with E-state index in [9.17, 15) is 4.39 Å². The topological polar surface area (TPSA) is 0 Å². The summed E-state index contributed by atoms with van der Waals surface area (Å²) in [5, 5.41) is 0. The Labute approximate surface area is 78.4 Å².